The van der Waals surface area contributed by atoms with Gasteiger partial charge in [-0.3, -0.25) is 9.59 Å². The van der Waals surface area contributed by atoms with Crippen LogP contribution in [0, 0.1) is 11.3 Å². The molecule has 1 rings (SSSR count). The number of nitrogens with zero attached hydrogens (tertiary/aromatic N) is 1. The van der Waals surface area contributed by atoms with Crippen molar-refractivity contribution >= 4 is 21.9 Å². The van der Waals surface area contributed by atoms with E-state index < -0.39 is 40.1 Å². The number of carbonyl (C=O) groups is 2. The van der Waals surface area contributed by atoms with Crippen LogP contribution in [0.2, 0.25) is 0 Å². The normalized spacial score (nSPS) is 12.3. The third kappa shape index (κ3) is 5.21. The van der Waals surface area contributed by atoms with E-state index in [4.69, 9.17) is 16.1 Å². The van der Waals surface area contributed by atoms with Crippen molar-refractivity contribution in [3.8, 4) is 6.07 Å². The van der Waals surface area contributed by atoms with Gasteiger partial charge in [0, 0.05) is 0 Å². The van der Waals surface area contributed by atoms with Gasteiger partial charge in [-0.05, 0) is 11.6 Å². The fraction of sp³-hybridized carbons (Fsp3) is 0.250. The first-order valence-corrected chi connectivity index (χ1v) is 7.39. The highest BCUT2D eigenvalue weighted by molar-refractivity contribution is 7.88. The Morgan fingerprint density at radius 3 is 2.52 bits per heavy atom. The molecule has 9 heteroatoms. The lowest BCUT2D eigenvalue weighted by molar-refractivity contribution is -0.140. The van der Waals surface area contributed by atoms with Gasteiger partial charge in [0.2, 0.25) is 15.9 Å². The van der Waals surface area contributed by atoms with E-state index >= 15 is 0 Å². The molecule has 0 fully saturated rings. The third-order valence-corrected chi connectivity index (χ3v) is 3.84. The largest absolute Gasteiger partial charge is 0.480 e. The Balaban J connectivity index is 2.93. The molecule has 8 nitrogen and oxygen atoms in total. The summed E-state index contributed by atoms with van der Waals surface area (Å²) in [7, 11) is -4.05. The molecular formula is C12H13N3O5S. The highest BCUT2D eigenvalue weighted by Crippen LogP contribution is 2.11. The monoisotopic (exact) mass is 311 g/mol. The van der Waals surface area contributed by atoms with E-state index in [-0.39, 0.29) is 11.1 Å². The van der Waals surface area contributed by atoms with Crippen molar-refractivity contribution in [1.82, 2.24) is 4.72 Å². The van der Waals surface area contributed by atoms with E-state index in [0.29, 0.717) is 0 Å². The number of benzene rings is 1. The molecule has 0 saturated heterocycles. The molecule has 0 bridgehead atoms. The van der Waals surface area contributed by atoms with Crippen LogP contribution in [-0.4, -0.2) is 31.4 Å². The zero-order chi connectivity index (χ0) is 16.0. The van der Waals surface area contributed by atoms with Gasteiger partial charge >= 0.3 is 5.97 Å². The van der Waals surface area contributed by atoms with Crippen LogP contribution in [-0.2, 0) is 25.4 Å². The summed E-state index contributed by atoms with van der Waals surface area (Å²) < 4.78 is 25.7. The molecule has 1 atom stereocenters. The van der Waals surface area contributed by atoms with Gasteiger partial charge in [0.05, 0.1) is 23.8 Å². The summed E-state index contributed by atoms with van der Waals surface area (Å²) in [6.07, 6.45) is -0.658. The van der Waals surface area contributed by atoms with Crippen LogP contribution in [0.15, 0.2) is 24.3 Å². The van der Waals surface area contributed by atoms with Crippen LogP contribution in [0.5, 0.6) is 0 Å². The molecule has 1 aromatic rings. The summed E-state index contributed by atoms with van der Waals surface area (Å²) in [6, 6.07) is 6.24. The average molecular weight is 311 g/mol. The molecule has 21 heavy (non-hydrogen) atoms. The Labute approximate surface area is 121 Å². The number of carboxylic acid groups (broad SMARTS) is 1. The van der Waals surface area contributed by atoms with E-state index in [1.54, 1.807) is 12.1 Å². The predicted molar refractivity (Wildman–Crippen MR) is 72.2 cm³/mol. The molecule has 0 heterocycles. The number of primary amides is 1. The molecule has 0 aromatic heterocycles. The second kappa shape index (κ2) is 6.83. The first-order chi connectivity index (χ1) is 9.75. The molecule has 0 aliphatic heterocycles. The Hall–Kier alpha value is -2.44. The van der Waals surface area contributed by atoms with Crippen molar-refractivity contribution in [3.63, 3.8) is 0 Å². The fourth-order valence-corrected chi connectivity index (χ4v) is 2.96. The Morgan fingerprint density at radius 1 is 1.38 bits per heavy atom. The average Bonchev–Trinajstić information content (AvgIpc) is 2.37. The van der Waals surface area contributed by atoms with Gasteiger partial charge in [-0.2, -0.15) is 5.26 Å². The number of nitrogens with two attached hydrogens (primary N) is 1. The maximum atomic E-state index is 11.9. The molecule has 0 aliphatic rings. The van der Waals surface area contributed by atoms with Gasteiger partial charge in [-0.15, -0.1) is 0 Å². The van der Waals surface area contributed by atoms with Gasteiger partial charge in [0.25, 0.3) is 0 Å². The molecule has 112 valence electrons. The van der Waals surface area contributed by atoms with Crippen LogP contribution in [0.4, 0.5) is 0 Å². The molecule has 0 radical (unpaired) electrons. The van der Waals surface area contributed by atoms with Gasteiger partial charge in [-0.25, -0.2) is 13.1 Å². The van der Waals surface area contributed by atoms with Crippen molar-refractivity contribution in [2.75, 3.05) is 0 Å². The maximum Gasteiger partial charge on any atom is 0.322 e. The lowest BCUT2D eigenvalue weighted by Crippen LogP contribution is -2.43. The van der Waals surface area contributed by atoms with Crippen molar-refractivity contribution in [2.45, 2.75) is 18.2 Å². The summed E-state index contributed by atoms with van der Waals surface area (Å²) >= 11 is 0. The highest BCUT2D eigenvalue weighted by Gasteiger charge is 2.26. The Morgan fingerprint density at radius 2 is 2.00 bits per heavy atom. The van der Waals surface area contributed by atoms with Crippen LogP contribution in [0.1, 0.15) is 17.5 Å². The van der Waals surface area contributed by atoms with E-state index in [1.807, 2.05) is 10.8 Å². The van der Waals surface area contributed by atoms with Crippen molar-refractivity contribution in [1.29, 1.82) is 5.26 Å². The number of carboxylic acids is 1. The molecule has 0 aliphatic carbocycles. The topological polar surface area (TPSA) is 150 Å². The van der Waals surface area contributed by atoms with Crippen molar-refractivity contribution < 1.29 is 23.1 Å². The molecule has 1 amide bonds. The SMILES string of the molecule is N#Cc1ccccc1CS(=O)(=O)N[C@H](CC(N)=O)C(=O)O. The fourth-order valence-electron chi connectivity index (χ4n) is 1.60. The van der Waals surface area contributed by atoms with E-state index in [0.717, 1.165) is 0 Å². The summed E-state index contributed by atoms with van der Waals surface area (Å²) in [5.74, 6) is -3.02. The number of carbonyl (C=O) groups excluding carboxylic acids is 1. The van der Waals surface area contributed by atoms with E-state index in [9.17, 15) is 18.0 Å². The number of sulfonamides is 1. The number of aliphatic carboxylic acids is 1. The minimum absolute atomic E-state index is 0.171. The van der Waals surface area contributed by atoms with Crippen molar-refractivity contribution in [3.05, 3.63) is 35.4 Å². The van der Waals surface area contributed by atoms with Crippen LogP contribution < -0.4 is 10.5 Å². The van der Waals surface area contributed by atoms with Crippen molar-refractivity contribution in [2.24, 2.45) is 5.73 Å². The Bertz CT molecular complexity index is 693. The first kappa shape index (κ1) is 16.6. The zero-order valence-corrected chi connectivity index (χ0v) is 11.6. The number of rotatable bonds is 7. The number of hydrogen-bond donors (Lipinski definition) is 3. The quantitative estimate of drug-likeness (QED) is 0.606. The van der Waals surface area contributed by atoms with Gasteiger partial charge in [-0.1, -0.05) is 18.2 Å². The van der Waals surface area contributed by atoms with Gasteiger partial charge in [0.1, 0.15) is 6.04 Å². The van der Waals surface area contributed by atoms with Crippen LogP contribution in [0.25, 0.3) is 0 Å². The second-order valence-corrected chi connectivity index (χ2v) is 5.96. The lowest BCUT2D eigenvalue weighted by Gasteiger charge is -2.13. The van der Waals surface area contributed by atoms with E-state index in [2.05, 4.69) is 0 Å². The number of nitrogens with one attached hydrogen (secondary N) is 1. The standard InChI is InChI=1S/C12H13N3O5S/c13-6-8-3-1-2-4-9(8)7-21(19,20)15-10(12(17)18)5-11(14)16/h1-4,10,15H,5,7H2,(H2,14,16)(H,17,18)/t10-/m1/s1. The predicted octanol–water partition coefficient (Wildman–Crippen LogP) is -0.694. The molecule has 0 saturated carbocycles. The van der Waals surface area contributed by atoms with Gasteiger partial charge in [0.15, 0.2) is 0 Å². The van der Waals surface area contributed by atoms with Gasteiger partial charge < -0.3 is 10.8 Å². The summed E-state index contributed by atoms with van der Waals surface area (Å²) in [6.45, 7) is 0. The lowest BCUT2D eigenvalue weighted by atomic mass is 10.1. The molecule has 0 spiro atoms. The molecule has 1 aromatic carbocycles. The molecule has 4 N–H and O–H groups in total. The van der Waals surface area contributed by atoms with Crippen LogP contribution in [0.3, 0.4) is 0 Å². The third-order valence-electron chi connectivity index (χ3n) is 2.51. The minimum atomic E-state index is -4.05. The Kier molecular flexibility index (Phi) is 5.40. The second-order valence-electron chi connectivity index (χ2n) is 4.21. The van der Waals surface area contributed by atoms with E-state index in [1.165, 1.54) is 12.1 Å². The summed E-state index contributed by atoms with van der Waals surface area (Å²) in [5.41, 5.74) is 5.27. The maximum absolute atomic E-state index is 11.9. The smallest absolute Gasteiger partial charge is 0.322 e. The highest BCUT2D eigenvalue weighted by atomic mass is 32.2. The first-order valence-electron chi connectivity index (χ1n) is 5.74. The van der Waals surface area contributed by atoms with Crippen LogP contribution >= 0.6 is 0 Å². The molecular weight excluding hydrogens is 298 g/mol. The number of nitriles is 1. The number of amides is 1. The zero-order valence-electron chi connectivity index (χ0n) is 10.8. The minimum Gasteiger partial charge on any atom is -0.480 e. The summed E-state index contributed by atoms with van der Waals surface area (Å²) in [4.78, 5) is 21.6. The summed E-state index contributed by atoms with van der Waals surface area (Å²) in [5, 5.41) is 17.7. The number of hydrogen-bond acceptors (Lipinski definition) is 5. The molecule has 0 unspecified atom stereocenters.